The number of benzene rings is 1. The lowest BCUT2D eigenvalue weighted by Crippen LogP contribution is -2.23. The van der Waals surface area contributed by atoms with Gasteiger partial charge in [0.15, 0.2) is 0 Å². The maximum Gasteiger partial charge on any atom is 0.292 e. The maximum atomic E-state index is 11.9. The predicted octanol–water partition coefficient (Wildman–Crippen LogP) is 1.50. The van der Waals surface area contributed by atoms with Crippen molar-refractivity contribution in [3.8, 4) is 0 Å². The molecule has 0 unspecified atom stereocenters. The molecule has 1 amide bonds. The molecular weight excluding hydrogens is 260 g/mol. The van der Waals surface area contributed by atoms with Crippen LogP contribution in [0.25, 0.3) is 0 Å². The summed E-state index contributed by atoms with van der Waals surface area (Å²) in [5, 5.41) is 13.3. The van der Waals surface area contributed by atoms with E-state index in [4.69, 9.17) is 5.73 Å². The van der Waals surface area contributed by atoms with Gasteiger partial charge < -0.3 is 11.1 Å². The van der Waals surface area contributed by atoms with Gasteiger partial charge in [-0.2, -0.15) is 0 Å². The van der Waals surface area contributed by atoms with E-state index in [0.29, 0.717) is 6.54 Å². The minimum absolute atomic E-state index is 0.0379. The highest BCUT2D eigenvalue weighted by Gasteiger charge is 2.14. The summed E-state index contributed by atoms with van der Waals surface area (Å²) in [6, 6.07) is 7.47. The molecule has 102 valence electrons. The molecule has 0 spiro atoms. The van der Waals surface area contributed by atoms with Gasteiger partial charge in [0.1, 0.15) is 5.69 Å². The molecule has 1 aromatic heterocycles. The van der Waals surface area contributed by atoms with Crippen molar-refractivity contribution in [3.63, 3.8) is 0 Å². The Labute approximate surface area is 114 Å². The minimum atomic E-state index is -0.591. The molecule has 0 aliphatic rings. The average molecular weight is 272 g/mol. The van der Waals surface area contributed by atoms with Crippen LogP contribution < -0.4 is 11.1 Å². The lowest BCUT2D eigenvalue weighted by molar-refractivity contribution is -0.383. The summed E-state index contributed by atoms with van der Waals surface area (Å²) in [6.07, 6.45) is 3.28. The highest BCUT2D eigenvalue weighted by molar-refractivity contribution is 5.95. The Morgan fingerprint density at radius 1 is 1.40 bits per heavy atom. The van der Waals surface area contributed by atoms with Crippen molar-refractivity contribution in [1.82, 2.24) is 10.3 Å². The van der Waals surface area contributed by atoms with E-state index in [0.717, 1.165) is 5.56 Å². The highest BCUT2D eigenvalue weighted by atomic mass is 16.6. The second-order valence-electron chi connectivity index (χ2n) is 4.07. The monoisotopic (exact) mass is 272 g/mol. The van der Waals surface area contributed by atoms with Crippen LogP contribution >= 0.6 is 0 Å². The van der Waals surface area contributed by atoms with E-state index in [1.54, 1.807) is 18.5 Å². The normalized spacial score (nSPS) is 10.0. The van der Waals surface area contributed by atoms with Gasteiger partial charge in [-0.25, -0.2) is 0 Å². The maximum absolute atomic E-state index is 11.9. The van der Waals surface area contributed by atoms with Crippen molar-refractivity contribution >= 4 is 17.3 Å². The second-order valence-corrected chi connectivity index (χ2v) is 4.07. The molecule has 2 aromatic rings. The minimum Gasteiger partial charge on any atom is -0.393 e. The van der Waals surface area contributed by atoms with Crippen molar-refractivity contribution < 1.29 is 9.72 Å². The number of amides is 1. The molecule has 1 heterocycles. The van der Waals surface area contributed by atoms with Gasteiger partial charge in [0, 0.05) is 30.6 Å². The summed E-state index contributed by atoms with van der Waals surface area (Å²) in [5.41, 5.74) is 6.42. The third-order valence-corrected chi connectivity index (χ3v) is 2.66. The molecule has 0 aliphatic carbocycles. The molecule has 2 rings (SSSR count). The number of hydrogen-bond donors (Lipinski definition) is 2. The van der Waals surface area contributed by atoms with Gasteiger partial charge in [0.05, 0.1) is 4.92 Å². The van der Waals surface area contributed by atoms with Crippen molar-refractivity contribution in [2.45, 2.75) is 6.54 Å². The Morgan fingerprint density at radius 2 is 2.20 bits per heavy atom. The smallest absolute Gasteiger partial charge is 0.292 e. The largest absolute Gasteiger partial charge is 0.393 e. The molecule has 0 radical (unpaired) electrons. The summed E-state index contributed by atoms with van der Waals surface area (Å²) in [7, 11) is 0. The Balaban J connectivity index is 2.06. The molecule has 0 aliphatic heterocycles. The first kappa shape index (κ1) is 13.5. The lowest BCUT2D eigenvalue weighted by Gasteiger charge is -2.06. The predicted molar refractivity (Wildman–Crippen MR) is 72.9 cm³/mol. The Hall–Kier alpha value is -2.96. The third-order valence-electron chi connectivity index (χ3n) is 2.66. The SMILES string of the molecule is Nc1cc(C(=O)NCc2cccnc2)ccc1[N+](=O)[O-]. The zero-order valence-corrected chi connectivity index (χ0v) is 10.4. The van der Waals surface area contributed by atoms with Crippen LogP contribution in [0.15, 0.2) is 42.7 Å². The molecular formula is C13H12N4O3. The van der Waals surface area contributed by atoms with Crippen molar-refractivity contribution in [2.75, 3.05) is 5.73 Å². The van der Waals surface area contributed by atoms with E-state index in [1.807, 2.05) is 6.07 Å². The number of nitrogens with one attached hydrogen (secondary N) is 1. The van der Waals surface area contributed by atoms with E-state index >= 15 is 0 Å². The lowest BCUT2D eigenvalue weighted by atomic mass is 10.1. The van der Waals surface area contributed by atoms with Gasteiger partial charge >= 0.3 is 0 Å². The van der Waals surface area contributed by atoms with Crippen LogP contribution in [-0.4, -0.2) is 15.8 Å². The average Bonchev–Trinajstić information content (AvgIpc) is 2.45. The molecule has 0 atom stereocenters. The molecule has 7 heteroatoms. The van der Waals surface area contributed by atoms with E-state index < -0.39 is 4.92 Å². The first-order valence-electron chi connectivity index (χ1n) is 5.79. The number of pyridine rings is 1. The topological polar surface area (TPSA) is 111 Å². The van der Waals surface area contributed by atoms with Gasteiger partial charge in [-0.3, -0.25) is 19.9 Å². The van der Waals surface area contributed by atoms with Gasteiger partial charge in [-0.05, 0) is 23.8 Å². The standard InChI is InChI=1S/C13H12N4O3/c14-11-6-10(3-4-12(11)17(19)20)13(18)16-8-9-2-1-5-15-7-9/h1-7H,8,14H2,(H,16,18). The van der Waals surface area contributed by atoms with Gasteiger partial charge in [0.25, 0.3) is 11.6 Å². The number of nitrogens with zero attached hydrogens (tertiary/aromatic N) is 2. The van der Waals surface area contributed by atoms with Crippen LogP contribution in [0, 0.1) is 10.1 Å². The molecule has 0 fully saturated rings. The summed E-state index contributed by atoms with van der Waals surface area (Å²) >= 11 is 0. The summed E-state index contributed by atoms with van der Waals surface area (Å²) in [4.78, 5) is 25.9. The van der Waals surface area contributed by atoms with E-state index in [-0.39, 0.29) is 22.8 Å². The number of carbonyl (C=O) groups is 1. The molecule has 7 nitrogen and oxygen atoms in total. The first-order valence-corrected chi connectivity index (χ1v) is 5.79. The van der Waals surface area contributed by atoms with Gasteiger partial charge in [0.2, 0.25) is 0 Å². The van der Waals surface area contributed by atoms with Crippen LogP contribution in [0.4, 0.5) is 11.4 Å². The van der Waals surface area contributed by atoms with E-state index in [9.17, 15) is 14.9 Å². The Kier molecular flexibility index (Phi) is 3.90. The van der Waals surface area contributed by atoms with Crippen molar-refractivity contribution in [3.05, 3.63) is 64.0 Å². The number of rotatable bonds is 4. The van der Waals surface area contributed by atoms with Crippen LogP contribution in [0.2, 0.25) is 0 Å². The van der Waals surface area contributed by atoms with Crippen LogP contribution in [0.5, 0.6) is 0 Å². The molecule has 0 bridgehead atoms. The first-order chi connectivity index (χ1) is 9.58. The summed E-state index contributed by atoms with van der Waals surface area (Å²) < 4.78 is 0. The quantitative estimate of drug-likeness (QED) is 0.497. The summed E-state index contributed by atoms with van der Waals surface area (Å²) in [6.45, 7) is 0.323. The number of nitrogen functional groups attached to an aromatic ring is 1. The van der Waals surface area contributed by atoms with E-state index in [2.05, 4.69) is 10.3 Å². The number of anilines is 1. The van der Waals surface area contributed by atoms with Crippen molar-refractivity contribution in [1.29, 1.82) is 0 Å². The number of nitro benzene ring substituents is 1. The van der Waals surface area contributed by atoms with Gasteiger partial charge in [-0.1, -0.05) is 6.07 Å². The zero-order chi connectivity index (χ0) is 14.5. The molecule has 20 heavy (non-hydrogen) atoms. The number of nitro groups is 1. The van der Waals surface area contributed by atoms with Gasteiger partial charge in [-0.15, -0.1) is 0 Å². The number of carbonyl (C=O) groups excluding carboxylic acids is 1. The molecule has 0 saturated carbocycles. The molecule has 0 saturated heterocycles. The second kappa shape index (κ2) is 5.79. The van der Waals surface area contributed by atoms with Crippen LogP contribution in [0.1, 0.15) is 15.9 Å². The third kappa shape index (κ3) is 3.08. The highest BCUT2D eigenvalue weighted by Crippen LogP contribution is 2.21. The van der Waals surface area contributed by atoms with Crippen LogP contribution in [0.3, 0.4) is 0 Å². The number of hydrogen-bond acceptors (Lipinski definition) is 5. The Morgan fingerprint density at radius 3 is 2.80 bits per heavy atom. The molecule has 1 aromatic carbocycles. The Bertz CT molecular complexity index is 643. The zero-order valence-electron chi connectivity index (χ0n) is 10.4. The number of nitrogens with two attached hydrogens (primary N) is 1. The van der Waals surface area contributed by atoms with Crippen LogP contribution in [-0.2, 0) is 6.54 Å². The van der Waals surface area contributed by atoms with Crippen molar-refractivity contribution in [2.24, 2.45) is 0 Å². The fraction of sp³-hybridized carbons (Fsp3) is 0.0769. The number of aromatic nitrogens is 1. The fourth-order valence-electron chi connectivity index (χ4n) is 1.65. The summed E-state index contributed by atoms with van der Waals surface area (Å²) in [5.74, 6) is -0.351. The molecule has 3 N–H and O–H groups in total. The van der Waals surface area contributed by atoms with E-state index in [1.165, 1.54) is 18.2 Å². The fourth-order valence-corrected chi connectivity index (χ4v) is 1.65.